The molecule has 1 saturated carbocycles. The first-order chi connectivity index (χ1) is 12.7. The molecule has 2 unspecified atom stereocenters. The summed E-state index contributed by atoms with van der Waals surface area (Å²) in [5.41, 5.74) is 0.282. The highest BCUT2D eigenvalue weighted by molar-refractivity contribution is 6.49. The molecule has 0 spiro atoms. The molecule has 0 N–H and O–H groups in total. The van der Waals surface area contributed by atoms with E-state index in [-0.39, 0.29) is 17.7 Å². The van der Waals surface area contributed by atoms with Crippen LogP contribution in [0.3, 0.4) is 0 Å². The van der Waals surface area contributed by atoms with Gasteiger partial charge >= 0.3 is 6.09 Å². The Morgan fingerprint density at radius 1 is 1.00 bits per heavy atom. The Bertz CT molecular complexity index is 730. The van der Waals surface area contributed by atoms with Crippen molar-refractivity contribution in [3.63, 3.8) is 0 Å². The van der Waals surface area contributed by atoms with Gasteiger partial charge in [-0.3, -0.25) is 14.5 Å². The molecule has 27 heavy (non-hydrogen) atoms. The summed E-state index contributed by atoms with van der Waals surface area (Å²) in [6.07, 6.45) is -0.343. The average Bonchev–Trinajstić information content (AvgIpc) is 2.64. The number of amides is 1. The van der Waals surface area contributed by atoms with E-state index in [1.807, 2.05) is 37.8 Å². The molecular formula is C20H26N2O5. The van der Waals surface area contributed by atoms with Crippen LogP contribution in [0.25, 0.3) is 0 Å². The van der Waals surface area contributed by atoms with Crippen LogP contribution in [-0.4, -0.2) is 72.4 Å². The van der Waals surface area contributed by atoms with E-state index in [2.05, 4.69) is 0 Å². The average molecular weight is 374 g/mol. The molecule has 2 fully saturated rings. The maximum atomic E-state index is 12.2. The number of benzene rings is 1. The molecule has 2 aliphatic rings. The van der Waals surface area contributed by atoms with Crippen molar-refractivity contribution >= 4 is 17.7 Å². The van der Waals surface area contributed by atoms with Gasteiger partial charge in [-0.05, 0) is 38.5 Å². The van der Waals surface area contributed by atoms with Crippen LogP contribution in [0.5, 0.6) is 5.75 Å². The first-order valence-corrected chi connectivity index (χ1v) is 9.15. The van der Waals surface area contributed by atoms with Crippen molar-refractivity contribution in [2.45, 2.75) is 38.3 Å². The predicted molar refractivity (Wildman–Crippen MR) is 98.9 cm³/mol. The van der Waals surface area contributed by atoms with Crippen LogP contribution in [0, 0.1) is 0 Å². The third kappa shape index (κ3) is 3.98. The summed E-state index contributed by atoms with van der Waals surface area (Å²) in [5, 5.41) is 0. The molecule has 146 valence electrons. The largest absolute Gasteiger partial charge is 0.497 e. The molecule has 1 aromatic carbocycles. The van der Waals surface area contributed by atoms with E-state index < -0.39 is 17.6 Å². The molecule has 0 bridgehead atoms. The van der Waals surface area contributed by atoms with Gasteiger partial charge in [0.15, 0.2) is 0 Å². The molecule has 3 rings (SSSR count). The predicted octanol–water partition coefficient (Wildman–Crippen LogP) is 1.85. The highest BCUT2D eigenvalue weighted by atomic mass is 16.6. The van der Waals surface area contributed by atoms with Crippen molar-refractivity contribution in [1.82, 2.24) is 9.80 Å². The number of Topliss-reactive ketones (excluding diaryl/α,β-unsaturated/α-hetero) is 2. The van der Waals surface area contributed by atoms with E-state index in [4.69, 9.17) is 9.47 Å². The number of carbonyl (C=O) groups excluding carboxylic acids is 3. The minimum Gasteiger partial charge on any atom is -0.497 e. The zero-order valence-corrected chi connectivity index (χ0v) is 16.2. The Morgan fingerprint density at radius 3 is 2.11 bits per heavy atom. The monoisotopic (exact) mass is 374 g/mol. The minimum atomic E-state index is -0.538. The van der Waals surface area contributed by atoms with E-state index in [9.17, 15) is 14.4 Å². The summed E-state index contributed by atoms with van der Waals surface area (Å²) in [6.45, 7) is 7.52. The number of hydrogen-bond acceptors (Lipinski definition) is 6. The van der Waals surface area contributed by atoms with Crippen LogP contribution < -0.4 is 4.74 Å². The van der Waals surface area contributed by atoms with E-state index in [1.54, 1.807) is 24.1 Å². The lowest BCUT2D eigenvalue weighted by Crippen LogP contribution is -2.64. The van der Waals surface area contributed by atoms with Crippen molar-refractivity contribution in [3.05, 3.63) is 29.8 Å². The Balaban J connectivity index is 1.65. The van der Waals surface area contributed by atoms with Crippen LogP contribution in [0.4, 0.5) is 4.79 Å². The molecule has 1 aromatic rings. The van der Waals surface area contributed by atoms with Crippen LogP contribution in [0.1, 0.15) is 32.3 Å². The summed E-state index contributed by atoms with van der Waals surface area (Å²) in [6, 6.07) is 6.80. The van der Waals surface area contributed by atoms with Crippen molar-refractivity contribution < 1.29 is 23.9 Å². The fraction of sp³-hybridized carbons (Fsp3) is 0.550. The van der Waals surface area contributed by atoms with Gasteiger partial charge in [0, 0.05) is 26.2 Å². The number of carbonyl (C=O) groups is 3. The third-order valence-corrected chi connectivity index (χ3v) is 4.94. The zero-order valence-electron chi connectivity index (χ0n) is 16.2. The van der Waals surface area contributed by atoms with Crippen molar-refractivity contribution in [2.75, 3.05) is 33.3 Å². The Hall–Kier alpha value is -2.41. The second-order valence-corrected chi connectivity index (χ2v) is 7.93. The molecule has 1 amide bonds. The maximum absolute atomic E-state index is 12.2. The topological polar surface area (TPSA) is 76.2 Å². The Kier molecular flexibility index (Phi) is 5.24. The molecule has 1 heterocycles. The number of methoxy groups -OCH3 is 1. The lowest BCUT2D eigenvalue weighted by molar-refractivity contribution is -0.151. The SMILES string of the molecule is COc1ccc(C2C(=O)C(=O)C2N2CCN(C(=O)OC(C)(C)C)CC2)cc1. The second kappa shape index (κ2) is 7.31. The summed E-state index contributed by atoms with van der Waals surface area (Å²) in [4.78, 5) is 40.3. The van der Waals surface area contributed by atoms with Crippen LogP contribution >= 0.6 is 0 Å². The fourth-order valence-corrected chi connectivity index (χ4v) is 3.53. The van der Waals surface area contributed by atoms with E-state index >= 15 is 0 Å². The third-order valence-electron chi connectivity index (χ3n) is 4.94. The van der Waals surface area contributed by atoms with Crippen LogP contribution in [-0.2, 0) is 14.3 Å². The molecular weight excluding hydrogens is 348 g/mol. The van der Waals surface area contributed by atoms with Gasteiger partial charge in [-0.1, -0.05) is 12.1 Å². The van der Waals surface area contributed by atoms with E-state index in [1.165, 1.54) is 0 Å². The Labute approximate surface area is 159 Å². The highest BCUT2D eigenvalue weighted by Crippen LogP contribution is 2.36. The number of hydrogen-bond donors (Lipinski definition) is 0. The van der Waals surface area contributed by atoms with Gasteiger partial charge in [0.25, 0.3) is 0 Å². The van der Waals surface area contributed by atoms with Gasteiger partial charge in [0.1, 0.15) is 11.4 Å². The summed E-state index contributed by atoms with van der Waals surface area (Å²) >= 11 is 0. The Morgan fingerprint density at radius 2 is 1.59 bits per heavy atom. The molecule has 0 radical (unpaired) electrons. The van der Waals surface area contributed by atoms with Crippen LogP contribution in [0.15, 0.2) is 24.3 Å². The first-order valence-electron chi connectivity index (χ1n) is 9.15. The lowest BCUT2D eigenvalue weighted by atomic mass is 9.71. The lowest BCUT2D eigenvalue weighted by Gasteiger charge is -2.45. The summed E-state index contributed by atoms with van der Waals surface area (Å²) in [5.74, 6) is -0.433. The van der Waals surface area contributed by atoms with Gasteiger partial charge in [0.2, 0.25) is 11.6 Å². The zero-order chi connectivity index (χ0) is 19.8. The van der Waals surface area contributed by atoms with E-state index in [0.717, 1.165) is 5.56 Å². The number of ether oxygens (including phenoxy) is 2. The van der Waals surface area contributed by atoms with Crippen molar-refractivity contribution in [3.8, 4) is 5.75 Å². The maximum Gasteiger partial charge on any atom is 0.410 e. The van der Waals surface area contributed by atoms with Gasteiger partial charge in [-0.25, -0.2) is 4.79 Å². The van der Waals surface area contributed by atoms with Crippen molar-refractivity contribution in [2.24, 2.45) is 0 Å². The smallest absolute Gasteiger partial charge is 0.410 e. The number of nitrogens with zero attached hydrogens (tertiary/aromatic N) is 2. The van der Waals surface area contributed by atoms with E-state index in [0.29, 0.717) is 31.9 Å². The standard InChI is InChI=1S/C20H26N2O5/c1-20(2,3)27-19(25)22-11-9-21(10-12-22)16-15(17(23)18(16)24)13-5-7-14(26-4)8-6-13/h5-8,15-16H,9-12H2,1-4H3. The second-order valence-electron chi connectivity index (χ2n) is 7.93. The molecule has 0 aromatic heterocycles. The summed E-state index contributed by atoms with van der Waals surface area (Å²) < 4.78 is 10.5. The summed E-state index contributed by atoms with van der Waals surface area (Å²) in [7, 11) is 1.58. The molecule has 7 nitrogen and oxygen atoms in total. The number of ketones is 2. The van der Waals surface area contributed by atoms with Gasteiger partial charge < -0.3 is 14.4 Å². The fourth-order valence-electron chi connectivity index (χ4n) is 3.53. The first kappa shape index (κ1) is 19.4. The highest BCUT2D eigenvalue weighted by Gasteiger charge is 2.53. The molecule has 2 atom stereocenters. The van der Waals surface area contributed by atoms with Crippen molar-refractivity contribution in [1.29, 1.82) is 0 Å². The molecule has 1 aliphatic carbocycles. The van der Waals surface area contributed by atoms with Gasteiger partial charge in [-0.2, -0.15) is 0 Å². The molecule has 1 saturated heterocycles. The normalized spacial score (nSPS) is 23.8. The van der Waals surface area contributed by atoms with Crippen LogP contribution in [0.2, 0.25) is 0 Å². The minimum absolute atomic E-state index is 0.343. The van der Waals surface area contributed by atoms with Gasteiger partial charge in [0.05, 0.1) is 19.1 Å². The quantitative estimate of drug-likeness (QED) is 0.752. The van der Waals surface area contributed by atoms with Gasteiger partial charge in [-0.15, -0.1) is 0 Å². The number of rotatable bonds is 3. The molecule has 7 heteroatoms. The molecule has 1 aliphatic heterocycles. The number of piperazine rings is 1.